The monoisotopic (exact) mass is 633 g/mol. The zero-order valence-corrected chi connectivity index (χ0v) is 25.1. The van der Waals surface area contributed by atoms with E-state index in [0.717, 1.165) is 17.3 Å². The van der Waals surface area contributed by atoms with Crippen molar-refractivity contribution in [1.82, 2.24) is 20.1 Å². The second-order valence-electron chi connectivity index (χ2n) is 10.7. The summed E-state index contributed by atoms with van der Waals surface area (Å²) in [5.74, 6) is -3.13. The number of nitrogens with one attached hydrogen (secondary N) is 1. The Labute approximate surface area is 258 Å². The Morgan fingerprint density at radius 2 is 2.05 bits per heavy atom. The Kier molecular flexibility index (Phi) is 9.70. The molecule has 2 unspecified atom stereocenters. The Morgan fingerprint density at radius 1 is 1.28 bits per heavy atom. The van der Waals surface area contributed by atoms with Gasteiger partial charge in [-0.15, -0.1) is 11.3 Å². The van der Waals surface area contributed by atoms with E-state index in [4.69, 9.17) is 31.2 Å². The highest BCUT2D eigenvalue weighted by Crippen LogP contribution is 2.45. The summed E-state index contributed by atoms with van der Waals surface area (Å²) in [6.45, 7) is 6.30. The van der Waals surface area contributed by atoms with Gasteiger partial charge in [0.05, 0.1) is 43.0 Å². The predicted molar refractivity (Wildman–Crippen MR) is 160 cm³/mol. The molecule has 13 heteroatoms. The molecule has 0 saturated heterocycles. The van der Waals surface area contributed by atoms with Gasteiger partial charge in [0.15, 0.2) is 22.5 Å². The molecule has 0 radical (unpaired) electrons. The molecule has 2 atom stereocenters. The molecule has 3 aromatic rings. The van der Waals surface area contributed by atoms with Crippen LogP contribution in [0.5, 0.6) is 0 Å². The van der Waals surface area contributed by atoms with E-state index in [0.29, 0.717) is 35.9 Å². The lowest BCUT2D eigenvalue weighted by Crippen LogP contribution is -2.41. The summed E-state index contributed by atoms with van der Waals surface area (Å²) in [6.07, 6.45) is 4.85. The third kappa shape index (κ3) is 6.35. The molecule has 230 valence electrons. The second kappa shape index (κ2) is 12.9. The molecule has 1 N–H and O–H groups in total. The van der Waals surface area contributed by atoms with Crippen molar-refractivity contribution in [3.8, 4) is 0 Å². The van der Waals surface area contributed by atoms with Crippen LogP contribution in [0.4, 0.5) is 8.78 Å². The number of carbonyl (C=O) groups excluding carboxylic acids is 2. The normalized spacial score (nSPS) is 19.1. The van der Waals surface area contributed by atoms with Crippen LogP contribution in [0.1, 0.15) is 68.9 Å². The average Bonchev–Trinajstić information content (AvgIpc) is 3.65. The smallest absolute Gasteiger partial charge is 0.338 e. The van der Waals surface area contributed by atoms with Crippen LogP contribution in [-0.2, 0) is 37.4 Å². The molecule has 2 aliphatic rings. The number of amidine groups is 1. The van der Waals surface area contributed by atoms with Gasteiger partial charge in [-0.05, 0) is 31.4 Å². The number of methoxy groups -OCH3 is 1. The maximum atomic E-state index is 14.7. The standard InChI is InChI=1S/C29H30ClF2N5O4S.CH4/c1-5-41-28(39)20-23(15-12-16-14-37(10-8-19(38)40-4)36-25(16)29(2,3)13-15)34-26(27-33-9-11-42-27)35-24(20)17-6-7-18(31)22(32)21(17)30;/h6-7,9,11,14-15,24H,5,8,10,12-13H2,1-4H3,(H,34,35);1H4. The van der Waals surface area contributed by atoms with Crippen LogP contribution >= 0.6 is 22.9 Å². The largest absolute Gasteiger partial charge is 0.469 e. The van der Waals surface area contributed by atoms with E-state index in [9.17, 15) is 18.4 Å². The zero-order valence-electron chi connectivity index (χ0n) is 23.5. The van der Waals surface area contributed by atoms with Gasteiger partial charge in [-0.2, -0.15) is 5.10 Å². The van der Waals surface area contributed by atoms with E-state index in [2.05, 4.69) is 24.1 Å². The number of carbonyl (C=O) groups is 2. The van der Waals surface area contributed by atoms with Gasteiger partial charge in [-0.25, -0.2) is 18.6 Å². The van der Waals surface area contributed by atoms with Crippen LogP contribution in [0.2, 0.25) is 5.02 Å². The van der Waals surface area contributed by atoms with E-state index in [1.54, 1.807) is 23.2 Å². The lowest BCUT2D eigenvalue weighted by atomic mass is 9.69. The van der Waals surface area contributed by atoms with Crippen LogP contribution in [0.3, 0.4) is 0 Å². The number of allylic oxidation sites excluding steroid dienone is 1. The topological polar surface area (TPSA) is 108 Å². The summed E-state index contributed by atoms with van der Waals surface area (Å²) in [4.78, 5) is 34.5. The van der Waals surface area contributed by atoms with Crippen LogP contribution in [0, 0.1) is 17.6 Å². The van der Waals surface area contributed by atoms with Crippen molar-refractivity contribution >= 4 is 40.7 Å². The van der Waals surface area contributed by atoms with Crippen molar-refractivity contribution in [3.05, 3.63) is 79.7 Å². The number of ether oxygens (including phenoxy) is 2. The van der Waals surface area contributed by atoms with Gasteiger partial charge >= 0.3 is 11.9 Å². The van der Waals surface area contributed by atoms with E-state index in [1.165, 1.54) is 24.5 Å². The molecule has 0 spiro atoms. The predicted octanol–water partition coefficient (Wildman–Crippen LogP) is 5.92. The van der Waals surface area contributed by atoms with Crippen LogP contribution in [-0.4, -0.2) is 46.3 Å². The van der Waals surface area contributed by atoms with Crippen LogP contribution in [0.25, 0.3) is 0 Å². The minimum atomic E-state index is -1.22. The summed E-state index contributed by atoms with van der Waals surface area (Å²) < 4.78 is 40.7. The van der Waals surface area contributed by atoms with Gasteiger partial charge < -0.3 is 14.8 Å². The molecule has 1 aromatic carbocycles. The number of esters is 2. The lowest BCUT2D eigenvalue weighted by Gasteiger charge is -2.38. The Balaban J connectivity index is 0.00000423. The van der Waals surface area contributed by atoms with Gasteiger partial charge in [0.1, 0.15) is 6.04 Å². The van der Waals surface area contributed by atoms with Gasteiger partial charge in [-0.3, -0.25) is 14.5 Å². The summed E-state index contributed by atoms with van der Waals surface area (Å²) in [7, 11) is 1.35. The first kappa shape index (κ1) is 32.3. The van der Waals surface area contributed by atoms with Crippen molar-refractivity contribution in [2.24, 2.45) is 10.9 Å². The number of aromatic nitrogens is 3. The molecule has 0 bridgehead atoms. The number of aliphatic imine (C=N–C) groups is 1. The SMILES string of the molecule is C.CCOC(=O)C1=C(C2Cc3cn(CCC(=O)OC)nc3C(C)(C)C2)NC(c2nccs2)=NC1c1ccc(F)c(F)c1Cl. The van der Waals surface area contributed by atoms with Crippen molar-refractivity contribution < 1.29 is 27.8 Å². The number of thiazole rings is 1. The first-order valence-electron chi connectivity index (χ1n) is 13.5. The minimum absolute atomic E-state index is 0. The quantitative estimate of drug-likeness (QED) is 0.242. The molecule has 0 saturated carbocycles. The van der Waals surface area contributed by atoms with Crippen molar-refractivity contribution in [2.75, 3.05) is 13.7 Å². The molecule has 9 nitrogen and oxygen atoms in total. The average molecular weight is 634 g/mol. The fraction of sp³-hybridized carbons (Fsp3) is 0.433. The molecule has 5 rings (SSSR count). The molecule has 0 amide bonds. The highest BCUT2D eigenvalue weighted by Gasteiger charge is 2.42. The maximum Gasteiger partial charge on any atom is 0.338 e. The first-order chi connectivity index (χ1) is 20.0. The fourth-order valence-corrected chi connectivity index (χ4v) is 6.45. The Hall–Kier alpha value is -3.64. The van der Waals surface area contributed by atoms with Gasteiger partial charge in [0.2, 0.25) is 0 Å². The van der Waals surface area contributed by atoms with E-state index < -0.39 is 34.1 Å². The molecule has 2 aromatic heterocycles. The summed E-state index contributed by atoms with van der Waals surface area (Å²) in [5.41, 5.74) is 2.34. The van der Waals surface area contributed by atoms with Crippen LogP contribution < -0.4 is 5.32 Å². The number of nitrogens with zero attached hydrogens (tertiary/aromatic N) is 4. The number of hydrogen-bond acceptors (Lipinski definition) is 9. The van der Waals surface area contributed by atoms with Gasteiger partial charge in [0, 0.05) is 40.4 Å². The molecular weight excluding hydrogens is 600 g/mol. The summed E-state index contributed by atoms with van der Waals surface area (Å²) >= 11 is 7.67. The van der Waals surface area contributed by atoms with Gasteiger partial charge in [-0.1, -0.05) is 38.9 Å². The number of hydrogen-bond donors (Lipinski definition) is 1. The second-order valence-corrected chi connectivity index (χ2v) is 12.0. The molecule has 1 aliphatic heterocycles. The highest BCUT2D eigenvalue weighted by atomic mass is 35.5. The molecule has 0 fully saturated rings. The molecule has 43 heavy (non-hydrogen) atoms. The third-order valence-electron chi connectivity index (χ3n) is 7.45. The summed E-state index contributed by atoms with van der Waals surface area (Å²) in [6, 6.07) is 1.23. The van der Waals surface area contributed by atoms with Crippen LogP contribution in [0.15, 0.2) is 46.2 Å². The van der Waals surface area contributed by atoms with E-state index >= 15 is 0 Å². The minimum Gasteiger partial charge on any atom is -0.469 e. The van der Waals surface area contributed by atoms with E-state index in [-0.39, 0.29) is 43.5 Å². The van der Waals surface area contributed by atoms with Crippen molar-refractivity contribution in [3.63, 3.8) is 0 Å². The van der Waals surface area contributed by atoms with Gasteiger partial charge in [0.25, 0.3) is 0 Å². The third-order valence-corrected chi connectivity index (χ3v) is 8.61. The fourth-order valence-electron chi connectivity index (χ4n) is 5.61. The maximum absolute atomic E-state index is 14.7. The molecule has 3 heterocycles. The van der Waals surface area contributed by atoms with Crippen molar-refractivity contribution in [1.29, 1.82) is 0 Å². The highest BCUT2D eigenvalue weighted by molar-refractivity contribution is 7.11. The molecular formula is C30H34ClF2N5O4S. The molecule has 1 aliphatic carbocycles. The zero-order chi connectivity index (χ0) is 30.2. The number of aryl methyl sites for hydroxylation is 1. The first-order valence-corrected chi connectivity index (χ1v) is 14.7. The Bertz CT molecular complexity index is 1590. The number of rotatable bonds is 8. The number of benzene rings is 1. The van der Waals surface area contributed by atoms with Crippen molar-refractivity contribution in [2.45, 2.75) is 65.5 Å². The lowest BCUT2D eigenvalue weighted by molar-refractivity contribution is -0.141. The number of fused-ring (bicyclic) bond motifs is 1. The van der Waals surface area contributed by atoms with E-state index in [1.807, 2.05) is 6.20 Å². The summed E-state index contributed by atoms with van der Waals surface area (Å²) in [5, 5.41) is 10.0. The Morgan fingerprint density at radius 3 is 2.72 bits per heavy atom. The number of halogens is 3.